The van der Waals surface area contributed by atoms with Gasteiger partial charge in [-0.2, -0.15) is 0 Å². The van der Waals surface area contributed by atoms with Crippen molar-refractivity contribution in [2.45, 2.75) is 27.2 Å². The molecule has 18 heavy (non-hydrogen) atoms. The van der Waals surface area contributed by atoms with Gasteiger partial charge in [0.2, 0.25) is 5.91 Å². The SMILES string of the molecule is CNCC(=O)N(C)CCc1cc(C)c(C)cc1C. The minimum Gasteiger partial charge on any atom is -0.344 e. The van der Waals surface area contributed by atoms with E-state index in [4.69, 9.17) is 0 Å². The molecule has 0 heterocycles. The van der Waals surface area contributed by atoms with Gasteiger partial charge in [-0.25, -0.2) is 0 Å². The van der Waals surface area contributed by atoms with E-state index in [-0.39, 0.29) is 5.91 Å². The first-order chi connectivity index (χ1) is 8.45. The fraction of sp³-hybridized carbons (Fsp3) is 0.533. The molecule has 0 aromatic heterocycles. The molecule has 0 aliphatic heterocycles. The fourth-order valence-electron chi connectivity index (χ4n) is 1.99. The Balaban J connectivity index is 2.63. The second kappa shape index (κ2) is 6.55. The van der Waals surface area contributed by atoms with Crippen molar-refractivity contribution in [1.82, 2.24) is 10.2 Å². The normalized spacial score (nSPS) is 10.5. The molecule has 0 saturated heterocycles. The van der Waals surface area contributed by atoms with E-state index < -0.39 is 0 Å². The van der Waals surface area contributed by atoms with Gasteiger partial charge in [-0.05, 0) is 56.5 Å². The zero-order valence-corrected chi connectivity index (χ0v) is 12.1. The van der Waals surface area contributed by atoms with E-state index in [1.165, 1.54) is 22.3 Å². The molecule has 1 amide bonds. The van der Waals surface area contributed by atoms with E-state index in [0.29, 0.717) is 6.54 Å². The van der Waals surface area contributed by atoms with E-state index in [9.17, 15) is 4.79 Å². The van der Waals surface area contributed by atoms with Crippen LogP contribution in [0.1, 0.15) is 22.3 Å². The van der Waals surface area contributed by atoms with Crippen molar-refractivity contribution in [2.75, 3.05) is 27.2 Å². The van der Waals surface area contributed by atoms with E-state index in [2.05, 4.69) is 38.2 Å². The molecule has 0 atom stereocenters. The Morgan fingerprint density at radius 1 is 1.17 bits per heavy atom. The van der Waals surface area contributed by atoms with Crippen LogP contribution in [0, 0.1) is 20.8 Å². The third-order valence-corrected chi connectivity index (χ3v) is 3.42. The summed E-state index contributed by atoms with van der Waals surface area (Å²) in [6, 6.07) is 4.46. The van der Waals surface area contributed by atoms with Gasteiger partial charge in [0.1, 0.15) is 0 Å². The van der Waals surface area contributed by atoms with Gasteiger partial charge in [0.15, 0.2) is 0 Å². The van der Waals surface area contributed by atoms with E-state index in [1.807, 2.05) is 7.05 Å². The van der Waals surface area contributed by atoms with Gasteiger partial charge in [0.25, 0.3) is 0 Å². The van der Waals surface area contributed by atoms with Crippen LogP contribution in [-0.2, 0) is 11.2 Å². The Hall–Kier alpha value is -1.35. The number of hydrogen-bond acceptors (Lipinski definition) is 2. The van der Waals surface area contributed by atoms with Crippen molar-refractivity contribution in [3.63, 3.8) is 0 Å². The first-order valence-corrected chi connectivity index (χ1v) is 6.41. The predicted molar refractivity (Wildman–Crippen MR) is 75.9 cm³/mol. The standard InChI is InChI=1S/C15H24N2O/c1-11-8-13(3)14(9-12(11)2)6-7-17(5)15(18)10-16-4/h8-9,16H,6-7,10H2,1-5H3. The molecule has 0 saturated carbocycles. The highest BCUT2D eigenvalue weighted by molar-refractivity contribution is 5.77. The van der Waals surface area contributed by atoms with Crippen LogP contribution in [0.5, 0.6) is 0 Å². The Kier molecular flexibility index (Phi) is 5.35. The van der Waals surface area contributed by atoms with Crippen LogP contribution >= 0.6 is 0 Å². The molecule has 1 aromatic carbocycles. The first kappa shape index (κ1) is 14.7. The number of aryl methyl sites for hydroxylation is 3. The molecule has 0 fully saturated rings. The lowest BCUT2D eigenvalue weighted by Gasteiger charge is -2.18. The minimum absolute atomic E-state index is 0.138. The molecule has 3 heteroatoms. The maximum atomic E-state index is 11.6. The van der Waals surface area contributed by atoms with Crippen LogP contribution in [0.3, 0.4) is 0 Å². The Morgan fingerprint density at radius 2 is 1.78 bits per heavy atom. The van der Waals surface area contributed by atoms with Crippen molar-refractivity contribution in [2.24, 2.45) is 0 Å². The van der Waals surface area contributed by atoms with E-state index in [0.717, 1.165) is 13.0 Å². The van der Waals surface area contributed by atoms with Crippen molar-refractivity contribution >= 4 is 5.91 Å². The molecule has 100 valence electrons. The summed E-state index contributed by atoms with van der Waals surface area (Å²) < 4.78 is 0. The zero-order chi connectivity index (χ0) is 13.7. The second-order valence-electron chi connectivity index (χ2n) is 4.96. The number of carbonyl (C=O) groups excluding carboxylic acids is 1. The Bertz CT molecular complexity index is 427. The van der Waals surface area contributed by atoms with Crippen LogP contribution in [0.25, 0.3) is 0 Å². The molecule has 1 N–H and O–H groups in total. The summed E-state index contributed by atoms with van der Waals surface area (Å²) in [5, 5.41) is 2.88. The molecule has 1 rings (SSSR count). The number of rotatable bonds is 5. The number of likely N-dealkylation sites (N-methyl/N-ethyl adjacent to an activating group) is 2. The third-order valence-electron chi connectivity index (χ3n) is 3.42. The Labute approximate surface area is 110 Å². The molecular formula is C15H24N2O. The van der Waals surface area contributed by atoms with Crippen molar-refractivity contribution in [3.05, 3.63) is 34.4 Å². The lowest BCUT2D eigenvalue weighted by molar-refractivity contribution is -0.128. The van der Waals surface area contributed by atoms with Gasteiger partial charge in [-0.15, -0.1) is 0 Å². The van der Waals surface area contributed by atoms with Crippen LogP contribution in [-0.4, -0.2) is 38.0 Å². The first-order valence-electron chi connectivity index (χ1n) is 6.41. The van der Waals surface area contributed by atoms with Crippen molar-refractivity contribution in [1.29, 1.82) is 0 Å². The molecule has 0 spiro atoms. The molecule has 0 bridgehead atoms. The summed E-state index contributed by atoms with van der Waals surface area (Å²) in [5.74, 6) is 0.138. The number of nitrogens with one attached hydrogen (secondary N) is 1. The summed E-state index contributed by atoms with van der Waals surface area (Å²) in [4.78, 5) is 13.4. The number of nitrogens with zero attached hydrogens (tertiary/aromatic N) is 1. The zero-order valence-electron chi connectivity index (χ0n) is 12.1. The van der Waals surface area contributed by atoms with Crippen LogP contribution in [0.2, 0.25) is 0 Å². The Morgan fingerprint density at radius 3 is 2.39 bits per heavy atom. The molecular weight excluding hydrogens is 224 g/mol. The van der Waals surface area contributed by atoms with Gasteiger partial charge in [0.05, 0.1) is 6.54 Å². The highest BCUT2D eigenvalue weighted by atomic mass is 16.2. The summed E-state index contributed by atoms with van der Waals surface area (Å²) in [5.41, 5.74) is 5.30. The van der Waals surface area contributed by atoms with Gasteiger partial charge in [-0.1, -0.05) is 12.1 Å². The van der Waals surface area contributed by atoms with Crippen molar-refractivity contribution in [3.8, 4) is 0 Å². The fourth-order valence-corrected chi connectivity index (χ4v) is 1.99. The van der Waals surface area contributed by atoms with Gasteiger partial charge < -0.3 is 10.2 Å². The van der Waals surface area contributed by atoms with Gasteiger partial charge in [-0.3, -0.25) is 4.79 Å². The number of benzene rings is 1. The highest BCUT2D eigenvalue weighted by Gasteiger charge is 2.08. The van der Waals surface area contributed by atoms with Gasteiger partial charge in [0, 0.05) is 13.6 Å². The van der Waals surface area contributed by atoms with Crippen molar-refractivity contribution < 1.29 is 4.79 Å². The van der Waals surface area contributed by atoms with Gasteiger partial charge >= 0.3 is 0 Å². The summed E-state index contributed by atoms with van der Waals surface area (Å²) >= 11 is 0. The highest BCUT2D eigenvalue weighted by Crippen LogP contribution is 2.16. The lowest BCUT2D eigenvalue weighted by atomic mass is 9.99. The molecule has 0 unspecified atom stereocenters. The summed E-state index contributed by atoms with van der Waals surface area (Å²) in [6.07, 6.45) is 0.916. The summed E-state index contributed by atoms with van der Waals surface area (Å²) in [7, 11) is 3.65. The third kappa shape index (κ3) is 3.84. The maximum Gasteiger partial charge on any atom is 0.236 e. The van der Waals surface area contributed by atoms with Crippen LogP contribution < -0.4 is 5.32 Å². The van der Waals surface area contributed by atoms with Crippen LogP contribution in [0.15, 0.2) is 12.1 Å². The quantitative estimate of drug-likeness (QED) is 0.862. The smallest absolute Gasteiger partial charge is 0.236 e. The molecule has 3 nitrogen and oxygen atoms in total. The average molecular weight is 248 g/mol. The predicted octanol–water partition coefficient (Wildman–Crippen LogP) is 1.83. The number of amides is 1. The lowest BCUT2D eigenvalue weighted by Crippen LogP contribution is -2.35. The molecule has 1 aromatic rings. The molecule has 0 aliphatic rings. The summed E-state index contributed by atoms with van der Waals surface area (Å²) in [6.45, 7) is 7.58. The topological polar surface area (TPSA) is 32.3 Å². The minimum atomic E-state index is 0.138. The average Bonchev–Trinajstić information content (AvgIpc) is 2.32. The van der Waals surface area contributed by atoms with E-state index in [1.54, 1.807) is 11.9 Å². The van der Waals surface area contributed by atoms with Crippen LogP contribution in [0.4, 0.5) is 0 Å². The van der Waals surface area contributed by atoms with E-state index >= 15 is 0 Å². The largest absolute Gasteiger partial charge is 0.344 e. The molecule has 0 aliphatic carbocycles. The number of carbonyl (C=O) groups is 1. The molecule has 0 radical (unpaired) electrons. The monoisotopic (exact) mass is 248 g/mol. The number of hydrogen-bond donors (Lipinski definition) is 1. The second-order valence-corrected chi connectivity index (χ2v) is 4.96. The maximum absolute atomic E-state index is 11.6.